The first-order valence-electron chi connectivity index (χ1n) is 4.99. The zero-order valence-electron chi connectivity index (χ0n) is 9.35. The van der Waals surface area contributed by atoms with Crippen LogP contribution in [0, 0.1) is 7.14 Å². The standard InChI is InChI=1S/C12H9I2NO3/c1-18-12(17)7-6-8(13)10(9(14)11(7)16)15-4-2-3-5-15/h2-6,16H,1H3. The van der Waals surface area contributed by atoms with E-state index in [0.29, 0.717) is 3.57 Å². The summed E-state index contributed by atoms with van der Waals surface area (Å²) in [7, 11) is 1.29. The van der Waals surface area contributed by atoms with Gasteiger partial charge in [0.05, 0.1) is 16.4 Å². The average Bonchev–Trinajstić information content (AvgIpc) is 2.86. The number of halogens is 2. The summed E-state index contributed by atoms with van der Waals surface area (Å²) in [5, 5.41) is 10.1. The molecule has 0 amide bonds. The number of aromatic hydroxyl groups is 1. The molecule has 0 fully saturated rings. The summed E-state index contributed by atoms with van der Waals surface area (Å²) in [6, 6.07) is 5.42. The van der Waals surface area contributed by atoms with E-state index in [2.05, 4.69) is 27.3 Å². The second kappa shape index (κ2) is 5.47. The smallest absolute Gasteiger partial charge is 0.341 e. The van der Waals surface area contributed by atoms with Crippen molar-refractivity contribution in [1.29, 1.82) is 0 Å². The quantitative estimate of drug-likeness (QED) is 0.544. The Balaban J connectivity index is 2.66. The van der Waals surface area contributed by atoms with Gasteiger partial charge in [-0.15, -0.1) is 0 Å². The number of nitrogens with zero attached hydrogens (tertiary/aromatic N) is 1. The van der Waals surface area contributed by atoms with Crippen molar-refractivity contribution in [2.75, 3.05) is 7.11 Å². The second-order valence-corrected chi connectivity index (χ2v) is 5.74. The van der Waals surface area contributed by atoms with Crippen molar-refractivity contribution < 1.29 is 14.6 Å². The molecule has 0 saturated heterocycles. The highest BCUT2D eigenvalue weighted by Gasteiger charge is 2.20. The van der Waals surface area contributed by atoms with Crippen LogP contribution in [0.25, 0.3) is 5.69 Å². The molecule has 1 N–H and O–H groups in total. The van der Waals surface area contributed by atoms with E-state index in [1.807, 2.05) is 51.7 Å². The van der Waals surface area contributed by atoms with Crippen LogP contribution in [0.15, 0.2) is 30.6 Å². The van der Waals surface area contributed by atoms with Gasteiger partial charge in [-0.3, -0.25) is 0 Å². The molecule has 1 aromatic heterocycles. The normalized spacial score (nSPS) is 10.4. The highest BCUT2D eigenvalue weighted by Crippen LogP contribution is 2.34. The molecule has 0 aliphatic heterocycles. The van der Waals surface area contributed by atoms with Crippen LogP contribution in [0.5, 0.6) is 5.75 Å². The van der Waals surface area contributed by atoms with Crippen molar-refractivity contribution in [1.82, 2.24) is 4.57 Å². The molecule has 0 spiro atoms. The van der Waals surface area contributed by atoms with Crippen molar-refractivity contribution in [2.45, 2.75) is 0 Å². The van der Waals surface area contributed by atoms with Gasteiger partial charge in [-0.1, -0.05) is 0 Å². The summed E-state index contributed by atoms with van der Waals surface area (Å²) in [4.78, 5) is 11.5. The van der Waals surface area contributed by atoms with E-state index in [4.69, 9.17) is 0 Å². The van der Waals surface area contributed by atoms with Gasteiger partial charge in [0.1, 0.15) is 11.3 Å². The van der Waals surface area contributed by atoms with Crippen molar-refractivity contribution in [2.24, 2.45) is 0 Å². The highest BCUT2D eigenvalue weighted by molar-refractivity contribution is 14.1. The van der Waals surface area contributed by atoms with Crippen LogP contribution >= 0.6 is 45.2 Å². The number of ether oxygens (including phenoxy) is 1. The molecular weight excluding hydrogens is 460 g/mol. The van der Waals surface area contributed by atoms with Crippen molar-refractivity contribution in [3.8, 4) is 11.4 Å². The largest absolute Gasteiger partial charge is 0.506 e. The van der Waals surface area contributed by atoms with Gasteiger partial charge in [-0.05, 0) is 63.4 Å². The van der Waals surface area contributed by atoms with Crippen molar-refractivity contribution in [3.63, 3.8) is 0 Å². The highest BCUT2D eigenvalue weighted by atomic mass is 127. The van der Waals surface area contributed by atoms with E-state index < -0.39 is 5.97 Å². The van der Waals surface area contributed by atoms with E-state index in [9.17, 15) is 9.90 Å². The van der Waals surface area contributed by atoms with Gasteiger partial charge in [-0.25, -0.2) is 4.79 Å². The van der Waals surface area contributed by atoms with Crippen molar-refractivity contribution in [3.05, 3.63) is 43.3 Å². The minimum Gasteiger partial charge on any atom is -0.506 e. The first-order valence-corrected chi connectivity index (χ1v) is 7.14. The fraction of sp³-hybridized carbons (Fsp3) is 0.0833. The molecule has 6 heteroatoms. The molecule has 0 aliphatic rings. The number of hydrogen-bond acceptors (Lipinski definition) is 3. The predicted molar refractivity (Wildman–Crippen MR) is 84.2 cm³/mol. The van der Waals surface area contributed by atoms with Crippen LogP contribution in [0.2, 0.25) is 0 Å². The first kappa shape index (κ1) is 13.7. The Labute approximate surface area is 131 Å². The van der Waals surface area contributed by atoms with E-state index >= 15 is 0 Å². The SMILES string of the molecule is COC(=O)c1cc(I)c(-n2cccc2)c(I)c1O. The first-order chi connectivity index (χ1) is 8.56. The molecule has 0 atom stereocenters. The van der Waals surface area contributed by atoms with Crippen LogP contribution in [0.3, 0.4) is 0 Å². The second-order valence-electron chi connectivity index (χ2n) is 3.50. The third kappa shape index (κ3) is 2.35. The summed E-state index contributed by atoms with van der Waals surface area (Å²) in [5.74, 6) is -0.589. The Bertz CT molecular complexity index is 594. The van der Waals surface area contributed by atoms with Gasteiger partial charge in [0.2, 0.25) is 0 Å². The van der Waals surface area contributed by atoms with E-state index in [0.717, 1.165) is 9.26 Å². The topological polar surface area (TPSA) is 51.5 Å². The summed E-state index contributed by atoms with van der Waals surface area (Å²) in [6.07, 6.45) is 3.77. The van der Waals surface area contributed by atoms with E-state index in [-0.39, 0.29) is 11.3 Å². The number of methoxy groups -OCH3 is 1. The van der Waals surface area contributed by atoms with Crippen LogP contribution in [0.4, 0.5) is 0 Å². The number of rotatable bonds is 2. The Morgan fingerprint density at radius 1 is 1.33 bits per heavy atom. The Morgan fingerprint density at radius 3 is 2.50 bits per heavy atom. The van der Waals surface area contributed by atoms with Gasteiger partial charge in [0.25, 0.3) is 0 Å². The lowest BCUT2D eigenvalue weighted by Crippen LogP contribution is -2.06. The maximum absolute atomic E-state index is 11.5. The fourth-order valence-electron chi connectivity index (χ4n) is 1.58. The molecule has 1 heterocycles. The Morgan fingerprint density at radius 2 is 1.94 bits per heavy atom. The van der Waals surface area contributed by atoms with Gasteiger partial charge in [0.15, 0.2) is 0 Å². The molecule has 94 valence electrons. The van der Waals surface area contributed by atoms with Crippen LogP contribution in [0.1, 0.15) is 10.4 Å². The zero-order chi connectivity index (χ0) is 13.3. The van der Waals surface area contributed by atoms with Gasteiger partial charge in [0, 0.05) is 16.0 Å². The Hall–Kier alpha value is -0.770. The van der Waals surface area contributed by atoms with Crippen LogP contribution in [-0.2, 0) is 4.74 Å². The zero-order valence-corrected chi connectivity index (χ0v) is 13.7. The third-order valence-electron chi connectivity index (χ3n) is 2.44. The lowest BCUT2D eigenvalue weighted by atomic mass is 10.2. The molecule has 0 bridgehead atoms. The number of benzene rings is 1. The van der Waals surface area contributed by atoms with Gasteiger partial charge in [-0.2, -0.15) is 0 Å². The molecule has 0 unspecified atom stereocenters. The molecule has 2 aromatic rings. The number of phenolic OH excluding ortho intramolecular Hbond substituents is 1. The number of carbonyl (C=O) groups is 1. The van der Waals surface area contributed by atoms with Crippen molar-refractivity contribution >= 4 is 51.2 Å². The lowest BCUT2D eigenvalue weighted by molar-refractivity contribution is 0.0597. The third-order valence-corrected chi connectivity index (χ3v) is 4.28. The monoisotopic (exact) mass is 469 g/mol. The molecule has 0 aliphatic carbocycles. The summed E-state index contributed by atoms with van der Waals surface area (Å²) in [6.45, 7) is 0. The molecule has 1 aromatic carbocycles. The maximum Gasteiger partial charge on any atom is 0.341 e. The summed E-state index contributed by atoms with van der Waals surface area (Å²) < 4.78 is 8.03. The number of phenols is 1. The molecule has 4 nitrogen and oxygen atoms in total. The predicted octanol–water partition coefficient (Wildman–Crippen LogP) is 3.18. The minimum atomic E-state index is -0.539. The summed E-state index contributed by atoms with van der Waals surface area (Å²) in [5.41, 5.74) is 1.04. The lowest BCUT2D eigenvalue weighted by Gasteiger charge is -2.13. The molecule has 0 saturated carbocycles. The maximum atomic E-state index is 11.5. The van der Waals surface area contributed by atoms with Crippen LogP contribution in [-0.4, -0.2) is 22.8 Å². The summed E-state index contributed by atoms with van der Waals surface area (Å²) >= 11 is 4.16. The van der Waals surface area contributed by atoms with Crippen LogP contribution < -0.4 is 0 Å². The molecular formula is C12H9I2NO3. The number of aromatic nitrogens is 1. The van der Waals surface area contributed by atoms with Gasteiger partial charge < -0.3 is 14.4 Å². The van der Waals surface area contributed by atoms with Gasteiger partial charge >= 0.3 is 5.97 Å². The Kier molecular flexibility index (Phi) is 4.15. The minimum absolute atomic E-state index is 0.0495. The number of carbonyl (C=O) groups excluding carboxylic acids is 1. The van der Waals surface area contributed by atoms with E-state index in [1.165, 1.54) is 7.11 Å². The number of hydrogen-bond donors (Lipinski definition) is 1. The average molecular weight is 469 g/mol. The number of esters is 1. The fourth-order valence-corrected chi connectivity index (χ4v) is 3.82. The molecule has 18 heavy (non-hydrogen) atoms. The molecule has 2 rings (SSSR count). The van der Waals surface area contributed by atoms with E-state index in [1.54, 1.807) is 6.07 Å². The molecule has 0 radical (unpaired) electrons.